The van der Waals surface area contributed by atoms with E-state index in [1.165, 1.54) is 0 Å². The fourth-order valence-corrected chi connectivity index (χ4v) is 4.61. The number of likely N-dealkylation sites (tertiary alicyclic amines) is 1. The molecular weight excluding hydrogens is 418 g/mol. The molecule has 7 nitrogen and oxygen atoms in total. The number of carbonyl (C=O) groups is 1. The van der Waals surface area contributed by atoms with Crippen LogP contribution in [0.2, 0.25) is 0 Å². The van der Waals surface area contributed by atoms with Gasteiger partial charge in [0.1, 0.15) is 0 Å². The van der Waals surface area contributed by atoms with Crippen molar-refractivity contribution < 1.29 is 19.4 Å². The minimum atomic E-state index is -0.0571. The van der Waals surface area contributed by atoms with Gasteiger partial charge >= 0.3 is 0 Å². The van der Waals surface area contributed by atoms with E-state index in [2.05, 4.69) is 23.7 Å². The molecule has 1 unspecified atom stereocenters. The SMILES string of the molecule is CC1(C)CCCN(CC(=O)N2CCCC2CO)Cc2cccnc2Oc2ccccc2OC1. The lowest BCUT2D eigenvalue weighted by Crippen LogP contribution is -2.44. The summed E-state index contributed by atoms with van der Waals surface area (Å²) in [4.78, 5) is 21.6. The number of benzene rings is 1. The number of rotatable bonds is 3. The largest absolute Gasteiger partial charge is 0.489 e. The summed E-state index contributed by atoms with van der Waals surface area (Å²) in [6.07, 6.45) is 5.46. The number of fused-ring (bicyclic) bond motifs is 2. The molecule has 1 amide bonds. The van der Waals surface area contributed by atoms with Crippen molar-refractivity contribution in [1.29, 1.82) is 0 Å². The smallest absolute Gasteiger partial charge is 0.237 e. The summed E-state index contributed by atoms with van der Waals surface area (Å²) >= 11 is 0. The van der Waals surface area contributed by atoms with Crippen molar-refractivity contribution in [2.75, 3.05) is 32.8 Å². The Morgan fingerprint density at radius 3 is 2.79 bits per heavy atom. The number of aliphatic hydroxyl groups excluding tert-OH is 1. The van der Waals surface area contributed by atoms with Crippen LogP contribution < -0.4 is 9.47 Å². The molecule has 7 heteroatoms. The summed E-state index contributed by atoms with van der Waals surface area (Å²) in [5, 5.41) is 9.65. The van der Waals surface area contributed by atoms with Gasteiger partial charge in [-0.05, 0) is 55.8 Å². The fourth-order valence-electron chi connectivity index (χ4n) is 4.61. The predicted octanol–water partition coefficient (Wildman–Crippen LogP) is 3.86. The number of pyridine rings is 1. The third kappa shape index (κ3) is 6.03. The summed E-state index contributed by atoms with van der Waals surface area (Å²) in [6.45, 7) is 7.41. The second kappa shape index (κ2) is 10.5. The van der Waals surface area contributed by atoms with Crippen LogP contribution in [0.1, 0.15) is 45.1 Å². The first-order chi connectivity index (χ1) is 15.9. The average molecular weight is 454 g/mol. The maximum Gasteiger partial charge on any atom is 0.237 e. The van der Waals surface area contributed by atoms with Gasteiger partial charge in [-0.1, -0.05) is 32.0 Å². The normalized spacial score (nSPS) is 21.4. The van der Waals surface area contributed by atoms with Gasteiger partial charge in [0.2, 0.25) is 11.8 Å². The predicted molar refractivity (Wildman–Crippen MR) is 126 cm³/mol. The van der Waals surface area contributed by atoms with Crippen LogP contribution in [0.25, 0.3) is 0 Å². The van der Waals surface area contributed by atoms with Crippen LogP contribution in [0.3, 0.4) is 0 Å². The number of para-hydroxylation sites is 2. The summed E-state index contributed by atoms with van der Waals surface area (Å²) in [6, 6.07) is 11.5. The van der Waals surface area contributed by atoms with Crippen molar-refractivity contribution >= 4 is 5.91 Å². The van der Waals surface area contributed by atoms with E-state index in [0.29, 0.717) is 37.1 Å². The first-order valence-electron chi connectivity index (χ1n) is 11.9. The Hall–Kier alpha value is -2.64. The van der Waals surface area contributed by atoms with Gasteiger partial charge in [0, 0.05) is 24.8 Å². The third-order valence-electron chi connectivity index (χ3n) is 6.51. The minimum Gasteiger partial charge on any atom is -0.489 e. The van der Waals surface area contributed by atoms with Gasteiger partial charge < -0.3 is 19.5 Å². The van der Waals surface area contributed by atoms with Gasteiger partial charge in [0.05, 0.1) is 25.8 Å². The van der Waals surface area contributed by atoms with Crippen molar-refractivity contribution in [3.05, 3.63) is 48.2 Å². The molecule has 4 rings (SSSR count). The van der Waals surface area contributed by atoms with E-state index in [-0.39, 0.29) is 24.0 Å². The number of aromatic nitrogens is 1. The number of hydrogen-bond acceptors (Lipinski definition) is 6. The van der Waals surface area contributed by atoms with Crippen LogP contribution in [-0.2, 0) is 11.3 Å². The van der Waals surface area contributed by atoms with Gasteiger partial charge in [-0.15, -0.1) is 0 Å². The number of ether oxygens (including phenoxy) is 2. The molecule has 0 saturated carbocycles. The lowest BCUT2D eigenvalue weighted by atomic mass is 9.88. The maximum atomic E-state index is 13.1. The van der Waals surface area contributed by atoms with Crippen LogP contribution >= 0.6 is 0 Å². The Morgan fingerprint density at radius 1 is 1.15 bits per heavy atom. The second-order valence-electron chi connectivity index (χ2n) is 9.85. The number of nitrogens with zero attached hydrogens (tertiary/aromatic N) is 3. The number of hydrogen-bond donors (Lipinski definition) is 1. The molecule has 0 bridgehead atoms. The van der Waals surface area contributed by atoms with E-state index in [4.69, 9.17) is 9.47 Å². The lowest BCUT2D eigenvalue weighted by Gasteiger charge is -2.29. The molecule has 0 spiro atoms. The first-order valence-corrected chi connectivity index (χ1v) is 11.9. The summed E-state index contributed by atoms with van der Waals surface area (Å²) in [5.41, 5.74) is 0.914. The van der Waals surface area contributed by atoms with E-state index in [1.807, 2.05) is 41.3 Å². The molecule has 1 N–H and O–H groups in total. The highest BCUT2D eigenvalue weighted by molar-refractivity contribution is 5.79. The molecule has 2 aromatic rings. The Morgan fingerprint density at radius 2 is 1.97 bits per heavy atom. The molecular formula is C26H35N3O4. The standard InChI is InChI=1S/C26H35N3O4/c1-26(2)12-7-14-28(17-24(31)29-15-6-9-21(29)18-30)16-20-8-5-13-27-25(20)33-23-11-4-3-10-22(23)32-19-26/h3-5,8,10-11,13,21,30H,6-7,9,12,14-19H2,1-2H3. The molecule has 2 aliphatic heterocycles. The quantitative estimate of drug-likeness (QED) is 0.761. The summed E-state index contributed by atoms with van der Waals surface area (Å²) < 4.78 is 12.4. The van der Waals surface area contributed by atoms with E-state index in [1.54, 1.807) is 6.20 Å². The molecule has 0 radical (unpaired) electrons. The van der Waals surface area contributed by atoms with Crippen LogP contribution in [0, 0.1) is 5.41 Å². The number of carbonyl (C=O) groups excluding carboxylic acids is 1. The first kappa shape index (κ1) is 23.5. The number of aliphatic hydroxyl groups is 1. The highest BCUT2D eigenvalue weighted by Gasteiger charge is 2.29. The van der Waals surface area contributed by atoms with Crippen LogP contribution in [0.5, 0.6) is 17.4 Å². The van der Waals surface area contributed by atoms with Crippen molar-refractivity contribution in [2.45, 2.75) is 52.1 Å². The van der Waals surface area contributed by atoms with Gasteiger partial charge in [0.15, 0.2) is 11.5 Å². The molecule has 1 aromatic heterocycles. The van der Waals surface area contributed by atoms with Crippen LogP contribution in [-0.4, -0.2) is 64.7 Å². The summed E-state index contributed by atoms with van der Waals surface area (Å²) in [7, 11) is 0. The van der Waals surface area contributed by atoms with Crippen molar-refractivity contribution in [1.82, 2.24) is 14.8 Å². The zero-order valence-corrected chi connectivity index (χ0v) is 19.7. The van der Waals surface area contributed by atoms with Crippen molar-refractivity contribution in [3.63, 3.8) is 0 Å². The molecule has 178 valence electrons. The zero-order chi connectivity index (χ0) is 23.3. The fraction of sp³-hybridized carbons (Fsp3) is 0.538. The van der Waals surface area contributed by atoms with Crippen molar-refractivity contribution in [3.8, 4) is 17.4 Å². The second-order valence-corrected chi connectivity index (χ2v) is 9.85. The van der Waals surface area contributed by atoms with E-state index < -0.39 is 0 Å². The average Bonchev–Trinajstić information content (AvgIpc) is 3.28. The third-order valence-corrected chi connectivity index (χ3v) is 6.51. The van der Waals surface area contributed by atoms with Crippen LogP contribution in [0.15, 0.2) is 42.6 Å². The Bertz CT molecular complexity index is 949. The molecule has 1 aromatic carbocycles. The highest BCUT2D eigenvalue weighted by atomic mass is 16.5. The monoisotopic (exact) mass is 453 g/mol. The molecule has 2 aliphatic rings. The number of amides is 1. The Balaban J connectivity index is 1.59. The summed E-state index contributed by atoms with van der Waals surface area (Å²) in [5.74, 6) is 1.95. The zero-order valence-electron chi connectivity index (χ0n) is 19.7. The van der Waals surface area contributed by atoms with Crippen LogP contribution in [0.4, 0.5) is 0 Å². The molecule has 1 atom stereocenters. The molecule has 33 heavy (non-hydrogen) atoms. The van der Waals surface area contributed by atoms with Gasteiger partial charge in [-0.25, -0.2) is 4.98 Å². The molecule has 0 aliphatic carbocycles. The molecule has 1 fully saturated rings. The van der Waals surface area contributed by atoms with Gasteiger partial charge in [-0.3, -0.25) is 9.69 Å². The lowest BCUT2D eigenvalue weighted by molar-refractivity contribution is -0.134. The Labute approximate surface area is 196 Å². The Kier molecular flexibility index (Phi) is 7.50. The van der Waals surface area contributed by atoms with Gasteiger partial charge in [-0.2, -0.15) is 0 Å². The highest BCUT2D eigenvalue weighted by Crippen LogP contribution is 2.34. The van der Waals surface area contributed by atoms with Gasteiger partial charge in [0.25, 0.3) is 0 Å². The molecule has 3 heterocycles. The van der Waals surface area contributed by atoms with E-state index in [9.17, 15) is 9.90 Å². The minimum absolute atomic E-state index is 0.0150. The maximum absolute atomic E-state index is 13.1. The molecule has 1 saturated heterocycles. The van der Waals surface area contributed by atoms with E-state index in [0.717, 1.165) is 44.3 Å². The topological polar surface area (TPSA) is 75.1 Å². The van der Waals surface area contributed by atoms with E-state index >= 15 is 0 Å². The van der Waals surface area contributed by atoms with Crippen molar-refractivity contribution in [2.24, 2.45) is 5.41 Å².